The van der Waals surface area contributed by atoms with Crippen molar-refractivity contribution >= 4 is 11.8 Å². The van der Waals surface area contributed by atoms with Gasteiger partial charge in [0.2, 0.25) is 17.7 Å². The Hall–Kier alpha value is -1.96. The summed E-state index contributed by atoms with van der Waals surface area (Å²) in [7, 11) is 0. The molecule has 2 saturated heterocycles. The summed E-state index contributed by atoms with van der Waals surface area (Å²) >= 11 is 0. The van der Waals surface area contributed by atoms with E-state index in [4.69, 9.17) is 10.3 Å². The molecule has 8 heteroatoms. The smallest absolute Gasteiger partial charge is 0.236 e. The average Bonchev–Trinajstić information content (AvgIpc) is 3.16. The van der Waals surface area contributed by atoms with Gasteiger partial charge in [-0.05, 0) is 45.1 Å². The number of hydrogen-bond acceptors (Lipinski definition) is 6. The lowest BCUT2D eigenvalue weighted by atomic mass is 9.97. The molecule has 4 rings (SSSR count). The van der Waals surface area contributed by atoms with Gasteiger partial charge in [0.1, 0.15) is 0 Å². The molecule has 0 aromatic carbocycles. The summed E-state index contributed by atoms with van der Waals surface area (Å²) in [5.41, 5.74) is 5.41. The van der Waals surface area contributed by atoms with Gasteiger partial charge in [0.05, 0.1) is 18.5 Å². The van der Waals surface area contributed by atoms with Crippen LogP contribution in [0.5, 0.6) is 0 Å². The first-order chi connectivity index (χ1) is 12.1. The molecule has 2 N–H and O–H groups in total. The number of nitrogens with zero attached hydrogens (tertiary/aromatic N) is 4. The predicted octanol–water partition coefficient (Wildman–Crippen LogP) is 0.808. The highest BCUT2D eigenvalue weighted by Gasteiger charge is 2.36. The van der Waals surface area contributed by atoms with E-state index < -0.39 is 0 Å². The summed E-state index contributed by atoms with van der Waals surface area (Å²) in [6, 6.07) is 0.0527. The Morgan fingerprint density at radius 1 is 1.16 bits per heavy atom. The second-order valence-corrected chi connectivity index (χ2v) is 7.47. The Morgan fingerprint density at radius 3 is 2.72 bits per heavy atom. The lowest BCUT2D eigenvalue weighted by Crippen LogP contribution is -2.47. The zero-order chi connectivity index (χ0) is 17.4. The van der Waals surface area contributed by atoms with Crippen molar-refractivity contribution in [3.05, 3.63) is 11.7 Å². The van der Waals surface area contributed by atoms with E-state index in [-0.39, 0.29) is 23.8 Å². The van der Waals surface area contributed by atoms with E-state index in [1.54, 1.807) is 4.90 Å². The number of amides is 2. The molecule has 0 unspecified atom stereocenters. The van der Waals surface area contributed by atoms with Crippen LogP contribution in [-0.4, -0.2) is 57.9 Å². The van der Waals surface area contributed by atoms with Crippen LogP contribution in [0, 0.1) is 5.92 Å². The largest absolute Gasteiger partial charge is 0.369 e. The Labute approximate surface area is 146 Å². The summed E-state index contributed by atoms with van der Waals surface area (Å²) in [5, 5.41) is 4.15. The van der Waals surface area contributed by atoms with E-state index in [2.05, 4.69) is 15.0 Å². The van der Waals surface area contributed by atoms with Crippen molar-refractivity contribution in [1.29, 1.82) is 0 Å². The van der Waals surface area contributed by atoms with Crippen molar-refractivity contribution in [2.75, 3.05) is 26.2 Å². The molecule has 1 aromatic rings. The molecule has 3 aliphatic rings. The molecule has 25 heavy (non-hydrogen) atoms. The van der Waals surface area contributed by atoms with Gasteiger partial charge in [0.25, 0.3) is 0 Å². The fourth-order valence-electron chi connectivity index (χ4n) is 3.90. The molecule has 0 radical (unpaired) electrons. The quantitative estimate of drug-likeness (QED) is 0.845. The third-order valence-electron chi connectivity index (χ3n) is 5.56. The highest BCUT2D eigenvalue weighted by atomic mass is 16.5. The molecule has 2 aliphatic heterocycles. The molecule has 0 bridgehead atoms. The van der Waals surface area contributed by atoms with Crippen LogP contribution in [0.2, 0.25) is 0 Å². The maximum Gasteiger partial charge on any atom is 0.236 e. The maximum absolute atomic E-state index is 12.7. The number of carbonyl (C=O) groups excluding carboxylic acids is 2. The van der Waals surface area contributed by atoms with Crippen LogP contribution < -0.4 is 5.73 Å². The van der Waals surface area contributed by atoms with Gasteiger partial charge >= 0.3 is 0 Å². The van der Waals surface area contributed by atoms with Gasteiger partial charge in [-0.1, -0.05) is 5.16 Å². The van der Waals surface area contributed by atoms with Gasteiger partial charge in [-0.3, -0.25) is 14.5 Å². The lowest BCUT2D eigenvalue weighted by molar-refractivity contribution is -0.136. The topological polar surface area (TPSA) is 106 Å². The van der Waals surface area contributed by atoms with Crippen molar-refractivity contribution in [2.45, 2.75) is 50.5 Å². The molecule has 2 atom stereocenters. The zero-order valence-corrected chi connectivity index (χ0v) is 14.4. The van der Waals surface area contributed by atoms with Gasteiger partial charge in [-0.15, -0.1) is 0 Å². The number of hydrogen-bond donors (Lipinski definition) is 1. The molecular formula is C17H25N5O3. The zero-order valence-electron chi connectivity index (χ0n) is 14.4. The number of nitrogens with two attached hydrogens (primary N) is 1. The Bertz CT molecular complexity index is 656. The molecule has 136 valence electrons. The summed E-state index contributed by atoms with van der Waals surface area (Å²) < 4.78 is 5.38. The molecule has 3 heterocycles. The van der Waals surface area contributed by atoms with Gasteiger partial charge < -0.3 is 15.2 Å². The van der Waals surface area contributed by atoms with Crippen LogP contribution in [-0.2, 0) is 9.59 Å². The number of piperidine rings is 1. The average molecular weight is 347 g/mol. The first-order valence-electron chi connectivity index (χ1n) is 9.26. The van der Waals surface area contributed by atoms with Gasteiger partial charge in [-0.2, -0.15) is 4.98 Å². The fraction of sp³-hybridized carbons (Fsp3) is 0.765. The van der Waals surface area contributed by atoms with Gasteiger partial charge in [0.15, 0.2) is 5.82 Å². The Morgan fingerprint density at radius 2 is 1.96 bits per heavy atom. The second kappa shape index (κ2) is 6.74. The minimum atomic E-state index is -0.309. The molecule has 2 amide bonds. The molecule has 1 aliphatic carbocycles. The second-order valence-electron chi connectivity index (χ2n) is 7.47. The number of primary amides is 1. The van der Waals surface area contributed by atoms with Crippen LogP contribution >= 0.6 is 0 Å². The van der Waals surface area contributed by atoms with E-state index in [0.29, 0.717) is 31.4 Å². The minimum Gasteiger partial charge on any atom is -0.369 e. The summed E-state index contributed by atoms with van der Waals surface area (Å²) in [4.78, 5) is 32.6. The highest BCUT2D eigenvalue weighted by molar-refractivity contribution is 5.81. The van der Waals surface area contributed by atoms with Crippen LogP contribution in [0.15, 0.2) is 4.52 Å². The first-order valence-corrected chi connectivity index (χ1v) is 9.26. The number of rotatable bonds is 5. The highest BCUT2D eigenvalue weighted by Crippen LogP contribution is 2.40. The maximum atomic E-state index is 12.7. The molecular weight excluding hydrogens is 322 g/mol. The fourth-order valence-corrected chi connectivity index (χ4v) is 3.90. The van der Waals surface area contributed by atoms with E-state index in [1.165, 1.54) is 0 Å². The summed E-state index contributed by atoms with van der Waals surface area (Å²) in [6.45, 7) is 2.34. The van der Waals surface area contributed by atoms with Gasteiger partial charge in [0, 0.05) is 19.0 Å². The number of carbonyl (C=O) groups is 2. The van der Waals surface area contributed by atoms with Crippen LogP contribution in [0.1, 0.15) is 62.2 Å². The molecule has 1 aromatic heterocycles. The SMILES string of the molecule is NC(=O)[C@@H]1CCCN(C(=O)CN2CCC[C@H]2c2noc(C3CC3)n2)C1. The first kappa shape index (κ1) is 16.5. The lowest BCUT2D eigenvalue weighted by Gasteiger charge is -2.33. The normalized spacial score (nSPS) is 27.6. The number of aromatic nitrogens is 2. The summed E-state index contributed by atoms with van der Waals surface area (Å²) in [6.07, 6.45) is 5.83. The van der Waals surface area contributed by atoms with Crippen molar-refractivity contribution in [3.8, 4) is 0 Å². The van der Waals surface area contributed by atoms with Crippen molar-refractivity contribution in [2.24, 2.45) is 11.7 Å². The monoisotopic (exact) mass is 347 g/mol. The molecule has 1 saturated carbocycles. The van der Waals surface area contributed by atoms with Crippen molar-refractivity contribution in [3.63, 3.8) is 0 Å². The van der Waals surface area contributed by atoms with Crippen molar-refractivity contribution < 1.29 is 14.1 Å². The third-order valence-corrected chi connectivity index (χ3v) is 5.56. The Balaban J connectivity index is 1.38. The third kappa shape index (κ3) is 3.53. The van der Waals surface area contributed by atoms with E-state index in [9.17, 15) is 9.59 Å². The predicted molar refractivity (Wildman–Crippen MR) is 88.3 cm³/mol. The minimum absolute atomic E-state index is 0.0527. The van der Waals surface area contributed by atoms with E-state index in [1.807, 2.05) is 0 Å². The van der Waals surface area contributed by atoms with Crippen LogP contribution in [0.3, 0.4) is 0 Å². The van der Waals surface area contributed by atoms with Crippen LogP contribution in [0.25, 0.3) is 0 Å². The van der Waals surface area contributed by atoms with Crippen LogP contribution in [0.4, 0.5) is 0 Å². The Kier molecular flexibility index (Phi) is 4.45. The van der Waals surface area contributed by atoms with E-state index in [0.717, 1.165) is 51.0 Å². The standard InChI is InChI=1S/C17H25N5O3/c18-15(24)12-3-1-8-22(9-12)14(23)10-21-7-2-4-13(21)16-19-17(25-20-16)11-5-6-11/h11-13H,1-10H2,(H2,18,24)/t12-,13+/m1/s1. The van der Waals surface area contributed by atoms with E-state index >= 15 is 0 Å². The molecule has 8 nitrogen and oxygen atoms in total. The molecule has 3 fully saturated rings. The van der Waals surface area contributed by atoms with Gasteiger partial charge in [-0.25, -0.2) is 0 Å². The number of likely N-dealkylation sites (tertiary alicyclic amines) is 2. The summed E-state index contributed by atoms with van der Waals surface area (Å²) in [5.74, 6) is 1.43. The van der Waals surface area contributed by atoms with Crippen molar-refractivity contribution in [1.82, 2.24) is 19.9 Å². The molecule has 0 spiro atoms.